The van der Waals surface area contributed by atoms with Crippen LogP contribution in [0.25, 0.3) is 0 Å². The van der Waals surface area contributed by atoms with Gasteiger partial charge in [0.2, 0.25) is 0 Å². The van der Waals surface area contributed by atoms with E-state index in [0.29, 0.717) is 12.6 Å². The summed E-state index contributed by atoms with van der Waals surface area (Å²) in [5, 5.41) is 3.07. The molecule has 1 saturated carbocycles. The normalized spacial score (nSPS) is 19.6. The van der Waals surface area contributed by atoms with Crippen molar-refractivity contribution in [3.8, 4) is 0 Å². The van der Waals surface area contributed by atoms with Gasteiger partial charge in [-0.2, -0.15) is 0 Å². The van der Waals surface area contributed by atoms with Crippen molar-refractivity contribution in [1.82, 2.24) is 15.1 Å². The molecular weight excluding hydrogens is 338 g/mol. The van der Waals surface area contributed by atoms with E-state index in [2.05, 4.69) is 40.5 Å². The number of hydrogen-bond donors (Lipinski definition) is 1. The fraction of sp³-hybridized carbons (Fsp3) is 0.682. The van der Waals surface area contributed by atoms with Crippen molar-refractivity contribution in [2.45, 2.75) is 57.6 Å². The first-order valence-electron chi connectivity index (χ1n) is 10.7. The molecule has 0 unspecified atom stereocenters. The Hall–Kier alpha value is -1.59. The molecule has 1 N–H and O–H groups in total. The fourth-order valence-electron chi connectivity index (χ4n) is 4.03. The van der Waals surface area contributed by atoms with Crippen molar-refractivity contribution in [2.24, 2.45) is 0 Å². The molecule has 1 saturated heterocycles. The summed E-state index contributed by atoms with van der Waals surface area (Å²) in [6.07, 6.45) is 8.76. The van der Waals surface area contributed by atoms with Gasteiger partial charge in [0.15, 0.2) is 0 Å². The largest absolute Gasteiger partial charge is 0.378 e. The Kier molecular flexibility index (Phi) is 8.43. The van der Waals surface area contributed by atoms with Crippen LogP contribution in [0.1, 0.15) is 50.5 Å². The summed E-state index contributed by atoms with van der Waals surface area (Å²) in [6.45, 7) is 6.06. The second kappa shape index (κ2) is 11.3. The average molecular weight is 374 g/mol. The number of ether oxygens (including phenoxy) is 1. The summed E-state index contributed by atoms with van der Waals surface area (Å²) in [7, 11) is 0. The number of benzene rings is 1. The molecule has 2 aliphatic rings. The lowest BCUT2D eigenvalue weighted by molar-refractivity contribution is 0.0274. The molecule has 150 valence electrons. The van der Waals surface area contributed by atoms with Crippen molar-refractivity contribution in [2.75, 3.05) is 39.3 Å². The molecule has 1 heterocycles. The first kappa shape index (κ1) is 20.2. The van der Waals surface area contributed by atoms with Crippen molar-refractivity contribution in [1.29, 1.82) is 0 Å². The molecule has 3 rings (SSSR count). The van der Waals surface area contributed by atoms with Gasteiger partial charge >= 0.3 is 6.03 Å². The predicted molar refractivity (Wildman–Crippen MR) is 109 cm³/mol. The molecule has 1 aromatic carbocycles. The molecule has 0 bridgehead atoms. The molecule has 0 radical (unpaired) electrons. The smallest absolute Gasteiger partial charge is 0.317 e. The summed E-state index contributed by atoms with van der Waals surface area (Å²) in [5.41, 5.74) is 1.34. The van der Waals surface area contributed by atoms with Crippen LogP contribution < -0.4 is 5.32 Å². The zero-order chi connectivity index (χ0) is 18.7. The van der Waals surface area contributed by atoms with E-state index in [1.807, 2.05) is 4.90 Å². The third-order valence-electron chi connectivity index (χ3n) is 5.63. The summed E-state index contributed by atoms with van der Waals surface area (Å²) < 4.78 is 5.93. The van der Waals surface area contributed by atoms with E-state index in [9.17, 15) is 4.79 Å². The first-order chi connectivity index (χ1) is 13.3. The Balaban J connectivity index is 1.29. The summed E-state index contributed by atoms with van der Waals surface area (Å²) in [4.78, 5) is 16.8. The number of nitrogens with zero attached hydrogens (tertiary/aromatic N) is 2. The van der Waals surface area contributed by atoms with Crippen LogP contribution >= 0.6 is 0 Å². The maximum atomic E-state index is 12.4. The lowest BCUT2D eigenvalue weighted by atomic mass is 9.98. The molecule has 2 amide bonds. The van der Waals surface area contributed by atoms with Gasteiger partial charge in [0.1, 0.15) is 0 Å². The van der Waals surface area contributed by atoms with Crippen LogP contribution in [0.5, 0.6) is 0 Å². The monoisotopic (exact) mass is 373 g/mol. The Bertz CT molecular complexity index is 546. The Labute approximate surface area is 164 Å². The van der Waals surface area contributed by atoms with Gasteiger partial charge in [0.05, 0.1) is 6.10 Å². The highest BCUT2D eigenvalue weighted by Gasteiger charge is 2.19. The molecule has 1 aromatic rings. The molecular formula is C22H35N3O2. The summed E-state index contributed by atoms with van der Waals surface area (Å²) >= 11 is 0. The molecule has 0 aromatic heterocycles. The van der Waals surface area contributed by atoms with Gasteiger partial charge in [0.25, 0.3) is 0 Å². The van der Waals surface area contributed by atoms with Crippen molar-refractivity contribution in [3.05, 3.63) is 35.9 Å². The zero-order valence-corrected chi connectivity index (χ0v) is 16.6. The van der Waals surface area contributed by atoms with Gasteiger partial charge in [-0.05, 0) is 31.2 Å². The van der Waals surface area contributed by atoms with Crippen LogP contribution in [0.15, 0.2) is 30.3 Å². The molecule has 27 heavy (non-hydrogen) atoms. The van der Waals surface area contributed by atoms with Crippen LogP contribution in [-0.4, -0.2) is 61.3 Å². The molecule has 0 spiro atoms. The molecule has 1 aliphatic carbocycles. The molecule has 5 heteroatoms. The minimum Gasteiger partial charge on any atom is -0.378 e. The Morgan fingerprint density at radius 3 is 2.63 bits per heavy atom. The van der Waals surface area contributed by atoms with E-state index in [1.54, 1.807) is 0 Å². The highest BCUT2D eigenvalue weighted by atomic mass is 16.5. The molecule has 5 nitrogen and oxygen atoms in total. The summed E-state index contributed by atoms with van der Waals surface area (Å²) in [6, 6.07) is 10.7. The van der Waals surface area contributed by atoms with Crippen LogP contribution in [0.4, 0.5) is 4.79 Å². The van der Waals surface area contributed by atoms with Gasteiger partial charge in [-0.1, -0.05) is 49.6 Å². The lowest BCUT2D eigenvalue weighted by Gasteiger charge is -2.23. The zero-order valence-electron chi connectivity index (χ0n) is 16.6. The topological polar surface area (TPSA) is 44.8 Å². The molecule has 0 atom stereocenters. The summed E-state index contributed by atoms with van der Waals surface area (Å²) in [5.74, 6) is 0. The van der Waals surface area contributed by atoms with Crippen molar-refractivity contribution >= 4 is 6.03 Å². The van der Waals surface area contributed by atoms with Gasteiger partial charge in [-0.25, -0.2) is 4.79 Å². The Morgan fingerprint density at radius 2 is 1.81 bits per heavy atom. The molecule has 2 fully saturated rings. The predicted octanol–water partition coefficient (Wildman–Crippen LogP) is 3.64. The number of rotatable bonds is 7. The van der Waals surface area contributed by atoms with E-state index in [4.69, 9.17) is 4.74 Å². The van der Waals surface area contributed by atoms with Gasteiger partial charge in [-0.15, -0.1) is 0 Å². The first-order valence-corrected chi connectivity index (χ1v) is 10.7. The second-order valence-corrected chi connectivity index (χ2v) is 7.82. The Morgan fingerprint density at radius 1 is 1.00 bits per heavy atom. The minimum atomic E-state index is 0.0780. The van der Waals surface area contributed by atoms with Crippen molar-refractivity contribution < 1.29 is 9.53 Å². The van der Waals surface area contributed by atoms with Gasteiger partial charge in [0, 0.05) is 45.9 Å². The van der Waals surface area contributed by atoms with E-state index in [0.717, 1.165) is 52.2 Å². The van der Waals surface area contributed by atoms with Crippen molar-refractivity contribution in [3.63, 3.8) is 0 Å². The van der Waals surface area contributed by atoms with E-state index < -0.39 is 0 Å². The van der Waals surface area contributed by atoms with Crippen LogP contribution in [0.2, 0.25) is 0 Å². The second-order valence-electron chi connectivity index (χ2n) is 7.82. The number of carbonyl (C=O) groups excluding carboxylic acids is 1. The van der Waals surface area contributed by atoms with E-state index >= 15 is 0 Å². The van der Waals surface area contributed by atoms with Crippen LogP contribution in [0, 0.1) is 0 Å². The highest BCUT2D eigenvalue weighted by Crippen LogP contribution is 2.20. The van der Waals surface area contributed by atoms with Crippen LogP contribution in [-0.2, 0) is 11.3 Å². The van der Waals surface area contributed by atoms with Crippen LogP contribution in [0.3, 0.4) is 0 Å². The fourth-order valence-corrected chi connectivity index (χ4v) is 4.03. The van der Waals surface area contributed by atoms with Gasteiger partial charge < -0.3 is 15.0 Å². The van der Waals surface area contributed by atoms with E-state index in [1.165, 1.54) is 37.7 Å². The van der Waals surface area contributed by atoms with Gasteiger partial charge in [-0.3, -0.25) is 4.90 Å². The third kappa shape index (κ3) is 7.15. The lowest BCUT2D eigenvalue weighted by Crippen LogP contribution is -2.42. The quantitative estimate of drug-likeness (QED) is 0.742. The third-order valence-corrected chi connectivity index (χ3v) is 5.63. The molecule has 1 aliphatic heterocycles. The number of amides is 2. The number of urea groups is 1. The number of carbonyl (C=O) groups is 1. The number of nitrogens with one attached hydrogen (secondary N) is 1. The minimum absolute atomic E-state index is 0.0780. The average Bonchev–Trinajstić information content (AvgIpc) is 2.95. The SMILES string of the molecule is O=C(NCCCOC1CCCCC1)N1CCCN(Cc2ccccc2)CC1. The standard InChI is InChI=1S/C22H35N3O2/c26-22(23-13-7-18-27-21-11-5-2-6-12-21)25-15-8-14-24(16-17-25)19-20-9-3-1-4-10-20/h1,3-4,9-10,21H,2,5-8,11-19H2,(H,23,26). The maximum absolute atomic E-state index is 12.4. The maximum Gasteiger partial charge on any atom is 0.317 e. The van der Waals surface area contributed by atoms with E-state index in [-0.39, 0.29) is 6.03 Å². The number of hydrogen-bond acceptors (Lipinski definition) is 3. The highest BCUT2D eigenvalue weighted by molar-refractivity contribution is 5.74.